The molecule has 0 aromatic carbocycles. The molecule has 2 N–H and O–H groups in total. The third kappa shape index (κ3) is 2.84. The molecule has 98 valence electrons. The van der Waals surface area contributed by atoms with Crippen molar-refractivity contribution < 1.29 is 19.2 Å². The third-order valence-electron chi connectivity index (χ3n) is 2.88. The largest absolute Gasteiger partial charge is 0.475 e. The van der Waals surface area contributed by atoms with Crippen LogP contribution in [0.2, 0.25) is 0 Å². The van der Waals surface area contributed by atoms with Gasteiger partial charge in [-0.15, -0.1) is 0 Å². The molecule has 0 aliphatic carbocycles. The summed E-state index contributed by atoms with van der Waals surface area (Å²) in [7, 11) is 0. The highest BCUT2D eigenvalue weighted by Crippen LogP contribution is 2.36. The molecule has 18 heavy (non-hydrogen) atoms. The average molecular weight is 270 g/mol. The minimum absolute atomic E-state index is 0.000929. The van der Waals surface area contributed by atoms with Gasteiger partial charge in [0.25, 0.3) is 5.91 Å². The van der Waals surface area contributed by atoms with Gasteiger partial charge in [-0.1, -0.05) is 5.16 Å². The second-order valence-electron chi connectivity index (χ2n) is 4.47. The summed E-state index contributed by atoms with van der Waals surface area (Å²) in [5.41, 5.74) is -0.000929. The number of amides is 1. The lowest BCUT2D eigenvalue weighted by molar-refractivity contribution is 0.0651. The molecule has 0 bridgehead atoms. The molecular formula is C11H14N2O4S. The first-order valence-corrected chi connectivity index (χ1v) is 6.61. The molecule has 1 saturated heterocycles. The van der Waals surface area contributed by atoms with Crippen LogP contribution in [0.1, 0.15) is 40.8 Å². The zero-order valence-electron chi connectivity index (χ0n) is 9.93. The number of thioether (sulfide) groups is 1. The maximum Gasteiger partial charge on any atom is 0.374 e. The summed E-state index contributed by atoms with van der Waals surface area (Å²) in [5.74, 6) is -0.860. The Kier molecular flexibility index (Phi) is 3.60. The van der Waals surface area contributed by atoms with Gasteiger partial charge in [0.15, 0.2) is 5.69 Å². The van der Waals surface area contributed by atoms with Gasteiger partial charge >= 0.3 is 5.97 Å². The van der Waals surface area contributed by atoms with Gasteiger partial charge in [-0.25, -0.2) is 4.79 Å². The Labute approximate surface area is 108 Å². The molecule has 2 rings (SSSR count). The van der Waals surface area contributed by atoms with E-state index in [4.69, 9.17) is 5.11 Å². The fourth-order valence-corrected chi connectivity index (χ4v) is 3.06. The molecule has 2 heterocycles. The first-order valence-electron chi connectivity index (χ1n) is 5.62. The van der Waals surface area contributed by atoms with Crippen molar-refractivity contribution in [1.82, 2.24) is 10.5 Å². The number of hydrogen-bond acceptors (Lipinski definition) is 5. The molecule has 1 aromatic heterocycles. The molecule has 1 aliphatic heterocycles. The lowest BCUT2D eigenvalue weighted by atomic mass is 10.1. The number of carboxylic acid groups (broad SMARTS) is 1. The van der Waals surface area contributed by atoms with E-state index in [0.29, 0.717) is 6.54 Å². The summed E-state index contributed by atoms with van der Waals surface area (Å²) in [6.07, 6.45) is 2.22. The topological polar surface area (TPSA) is 92.4 Å². The third-order valence-corrected chi connectivity index (χ3v) is 4.42. The Hall–Kier alpha value is -1.50. The SMILES string of the molecule is CC1(CNC(=O)c2cc(C(=O)O)on2)CCCS1. The van der Waals surface area contributed by atoms with Crippen molar-refractivity contribution in [2.75, 3.05) is 12.3 Å². The summed E-state index contributed by atoms with van der Waals surface area (Å²) < 4.78 is 4.59. The molecule has 1 fully saturated rings. The van der Waals surface area contributed by atoms with Crippen molar-refractivity contribution in [2.24, 2.45) is 0 Å². The van der Waals surface area contributed by atoms with Crippen molar-refractivity contribution in [3.8, 4) is 0 Å². The summed E-state index contributed by atoms with van der Waals surface area (Å²) in [4.78, 5) is 22.3. The zero-order valence-corrected chi connectivity index (χ0v) is 10.7. The fraction of sp³-hybridized carbons (Fsp3) is 0.545. The monoisotopic (exact) mass is 270 g/mol. The van der Waals surface area contributed by atoms with Gasteiger partial charge in [0.1, 0.15) is 0 Å². The van der Waals surface area contributed by atoms with Gasteiger partial charge in [-0.3, -0.25) is 4.79 Å². The Bertz CT molecular complexity index is 465. The van der Waals surface area contributed by atoms with Crippen molar-refractivity contribution in [3.63, 3.8) is 0 Å². The molecule has 1 atom stereocenters. The van der Waals surface area contributed by atoms with Gasteiger partial charge in [0.2, 0.25) is 5.76 Å². The van der Waals surface area contributed by atoms with E-state index in [1.807, 2.05) is 11.8 Å². The number of aromatic carboxylic acids is 1. The van der Waals surface area contributed by atoms with Crippen LogP contribution in [0.25, 0.3) is 0 Å². The van der Waals surface area contributed by atoms with Crippen molar-refractivity contribution in [1.29, 1.82) is 0 Å². The van der Waals surface area contributed by atoms with Crippen LogP contribution in [0.3, 0.4) is 0 Å². The smallest absolute Gasteiger partial charge is 0.374 e. The van der Waals surface area contributed by atoms with Gasteiger partial charge in [0, 0.05) is 17.4 Å². The zero-order chi connectivity index (χ0) is 13.2. The second kappa shape index (κ2) is 5.01. The van der Waals surface area contributed by atoms with Crippen LogP contribution >= 0.6 is 11.8 Å². The second-order valence-corrected chi connectivity index (χ2v) is 6.15. The number of aromatic nitrogens is 1. The molecule has 1 amide bonds. The molecule has 0 radical (unpaired) electrons. The van der Waals surface area contributed by atoms with Gasteiger partial charge < -0.3 is 14.9 Å². The average Bonchev–Trinajstić information content (AvgIpc) is 2.95. The van der Waals surface area contributed by atoms with Gasteiger partial charge in [-0.2, -0.15) is 11.8 Å². The number of nitrogens with zero attached hydrogens (tertiary/aromatic N) is 1. The van der Waals surface area contributed by atoms with E-state index in [1.165, 1.54) is 0 Å². The summed E-state index contributed by atoms with van der Waals surface area (Å²) in [6.45, 7) is 2.65. The molecule has 1 aromatic rings. The minimum Gasteiger partial charge on any atom is -0.475 e. The fourth-order valence-electron chi connectivity index (χ4n) is 1.82. The van der Waals surface area contributed by atoms with Crippen LogP contribution in [0, 0.1) is 0 Å². The highest BCUT2D eigenvalue weighted by Gasteiger charge is 2.30. The van der Waals surface area contributed by atoms with E-state index in [1.54, 1.807) is 0 Å². The molecule has 7 heteroatoms. The molecule has 1 aliphatic rings. The summed E-state index contributed by atoms with van der Waals surface area (Å²) in [5, 5.41) is 14.8. The number of rotatable bonds is 4. The maximum atomic E-state index is 11.7. The van der Waals surface area contributed by atoms with Crippen LogP contribution in [-0.2, 0) is 0 Å². The molecule has 6 nitrogen and oxygen atoms in total. The van der Waals surface area contributed by atoms with Crippen LogP contribution in [0.4, 0.5) is 0 Å². The highest BCUT2D eigenvalue weighted by atomic mass is 32.2. The normalized spacial score (nSPS) is 22.9. The van der Waals surface area contributed by atoms with E-state index in [-0.39, 0.29) is 16.2 Å². The molecular weight excluding hydrogens is 256 g/mol. The number of hydrogen-bond donors (Lipinski definition) is 2. The van der Waals surface area contributed by atoms with E-state index < -0.39 is 11.9 Å². The standard InChI is InChI=1S/C11H14N2O4S/c1-11(3-2-4-18-11)6-12-9(14)7-5-8(10(15)16)17-13-7/h5H,2-4,6H2,1H3,(H,12,14)(H,15,16). The predicted octanol–water partition coefficient (Wildman–Crippen LogP) is 1.39. The number of carboxylic acids is 1. The first kappa shape index (κ1) is 12.9. The van der Waals surface area contributed by atoms with E-state index in [0.717, 1.165) is 24.7 Å². The van der Waals surface area contributed by atoms with Crippen LogP contribution in [0.15, 0.2) is 10.6 Å². The van der Waals surface area contributed by atoms with Gasteiger partial charge in [0.05, 0.1) is 0 Å². The van der Waals surface area contributed by atoms with E-state index >= 15 is 0 Å². The molecule has 0 saturated carbocycles. The Balaban J connectivity index is 1.93. The number of nitrogens with one attached hydrogen (secondary N) is 1. The van der Waals surface area contributed by atoms with Crippen molar-refractivity contribution >= 4 is 23.6 Å². The number of carbonyl (C=O) groups is 2. The lowest BCUT2D eigenvalue weighted by Crippen LogP contribution is -2.36. The quantitative estimate of drug-likeness (QED) is 0.858. The first-order chi connectivity index (χ1) is 8.50. The van der Waals surface area contributed by atoms with Gasteiger partial charge in [-0.05, 0) is 25.5 Å². The summed E-state index contributed by atoms with van der Waals surface area (Å²) in [6, 6.07) is 1.13. The van der Waals surface area contributed by atoms with Crippen molar-refractivity contribution in [3.05, 3.63) is 17.5 Å². The van der Waals surface area contributed by atoms with Crippen LogP contribution < -0.4 is 5.32 Å². The molecule has 0 spiro atoms. The van der Waals surface area contributed by atoms with E-state index in [2.05, 4.69) is 21.9 Å². The van der Waals surface area contributed by atoms with Crippen LogP contribution in [0.5, 0.6) is 0 Å². The molecule has 1 unspecified atom stereocenters. The predicted molar refractivity (Wildman–Crippen MR) is 65.9 cm³/mol. The minimum atomic E-state index is -1.24. The lowest BCUT2D eigenvalue weighted by Gasteiger charge is -2.22. The Morgan fingerprint density at radius 3 is 3.00 bits per heavy atom. The van der Waals surface area contributed by atoms with Crippen LogP contribution in [-0.4, -0.2) is 39.2 Å². The Morgan fingerprint density at radius 1 is 1.67 bits per heavy atom. The van der Waals surface area contributed by atoms with E-state index in [9.17, 15) is 9.59 Å². The Morgan fingerprint density at radius 2 is 2.44 bits per heavy atom. The van der Waals surface area contributed by atoms with Crippen molar-refractivity contribution in [2.45, 2.75) is 24.5 Å². The highest BCUT2D eigenvalue weighted by molar-refractivity contribution is 8.00. The number of carbonyl (C=O) groups excluding carboxylic acids is 1. The maximum absolute atomic E-state index is 11.7. The summed E-state index contributed by atoms with van der Waals surface area (Å²) >= 11 is 1.84.